The highest BCUT2D eigenvalue weighted by Gasteiger charge is 2.25. The Labute approximate surface area is 187 Å². The van der Waals surface area contributed by atoms with Gasteiger partial charge in [-0.05, 0) is 44.0 Å². The van der Waals surface area contributed by atoms with Gasteiger partial charge in [0.05, 0.1) is 10.6 Å². The van der Waals surface area contributed by atoms with Gasteiger partial charge in [0.25, 0.3) is 5.91 Å². The zero-order chi connectivity index (χ0) is 21.8. The minimum absolute atomic E-state index is 0.224. The summed E-state index contributed by atoms with van der Waals surface area (Å²) >= 11 is 1.41. The number of carbonyl (C=O) groups excluding carboxylic acids is 1. The first-order valence-corrected chi connectivity index (χ1v) is 12.7. The van der Waals surface area contributed by atoms with Gasteiger partial charge in [0, 0.05) is 29.1 Å². The number of aryl methyl sites for hydroxylation is 1. The second kappa shape index (κ2) is 9.30. The van der Waals surface area contributed by atoms with E-state index in [-0.39, 0.29) is 10.8 Å². The monoisotopic (exact) mass is 455 g/mol. The molecule has 162 valence electrons. The van der Waals surface area contributed by atoms with E-state index in [2.05, 4.69) is 10.3 Å². The molecule has 1 amide bonds. The van der Waals surface area contributed by atoms with Gasteiger partial charge in [0.15, 0.2) is 5.13 Å². The summed E-state index contributed by atoms with van der Waals surface area (Å²) in [5, 5.41) is 3.34. The topological polar surface area (TPSA) is 79.4 Å². The van der Waals surface area contributed by atoms with Gasteiger partial charge in [-0.15, -0.1) is 11.3 Å². The van der Waals surface area contributed by atoms with E-state index in [0.29, 0.717) is 23.8 Å². The molecule has 1 saturated heterocycles. The molecule has 1 aliphatic heterocycles. The molecule has 3 aromatic rings. The van der Waals surface area contributed by atoms with Gasteiger partial charge in [0.2, 0.25) is 10.0 Å². The zero-order valence-electron chi connectivity index (χ0n) is 17.4. The summed E-state index contributed by atoms with van der Waals surface area (Å²) in [4.78, 5) is 18.5. The fourth-order valence-corrected chi connectivity index (χ4v) is 6.04. The minimum atomic E-state index is -3.53. The molecular formula is C23H25N3O3S2. The molecule has 0 saturated carbocycles. The van der Waals surface area contributed by atoms with Gasteiger partial charge in [-0.2, -0.15) is 4.31 Å². The van der Waals surface area contributed by atoms with Crippen LogP contribution in [0.15, 0.2) is 59.5 Å². The van der Waals surface area contributed by atoms with Crippen molar-refractivity contribution in [3.05, 3.63) is 65.0 Å². The summed E-state index contributed by atoms with van der Waals surface area (Å²) in [6.07, 6.45) is 3.90. The molecule has 4 rings (SSSR count). The molecular weight excluding hydrogens is 430 g/mol. The fourth-order valence-electron chi connectivity index (χ4n) is 3.69. The number of thiazole rings is 1. The van der Waals surface area contributed by atoms with Gasteiger partial charge < -0.3 is 0 Å². The van der Waals surface area contributed by atoms with Crippen molar-refractivity contribution in [1.29, 1.82) is 0 Å². The lowest BCUT2D eigenvalue weighted by Gasteiger charge is -2.20. The van der Waals surface area contributed by atoms with Gasteiger partial charge in [-0.1, -0.05) is 43.2 Å². The van der Waals surface area contributed by atoms with Crippen LogP contribution in [0.3, 0.4) is 0 Å². The molecule has 1 aliphatic rings. The zero-order valence-corrected chi connectivity index (χ0v) is 19.0. The Morgan fingerprint density at radius 3 is 2.26 bits per heavy atom. The number of benzene rings is 2. The lowest BCUT2D eigenvalue weighted by atomic mass is 10.1. The highest BCUT2D eigenvalue weighted by Crippen LogP contribution is 2.30. The van der Waals surface area contributed by atoms with Crippen LogP contribution in [0.2, 0.25) is 0 Å². The maximum Gasteiger partial charge on any atom is 0.257 e. The average molecular weight is 456 g/mol. The summed E-state index contributed by atoms with van der Waals surface area (Å²) in [5.74, 6) is -0.313. The van der Waals surface area contributed by atoms with E-state index >= 15 is 0 Å². The molecule has 0 aliphatic carbocycles. The Morgan fingerprint density at radius 2 is 1.61 bits per heavy atom. The molecule has 1 aromatic heterocycles. The van der Waals surface area contributed by atoms with Crippen molar-refractivity contribution in [1.82, 2.24) is 9.29 Å². The number of amides is 1. The number of nitrogens with zero attached hydrogens (tertiary/aromatic N) is 2. The number of hydrogen-bond donors (Lipinski definition) is 1. The van der Waals surface area contributed by atoms with Gasteiger partial charge >= 0.3 is 0 Å². The first-order chi connectivity index (χ1) is 14.9. The normalized spacial score (nSPS) is 15.4. The van der Waals surface area contributed by atoms with Crippen LogP contribution < -0.4 is 5.32 Å². The molecule has 8 heteroatoms. The van der Waals surface area contributed by atoms with E-state index < -0.39 is 10.0 Å². The average Bonchev–Trinajstić information content (AvgIpc) is 2.96. The van der Waals surface area contributed by atoms with Crippen molar-refractivity contribution in [2.24, 2.45) is 0 Å². The third kappa shape index (κ3) is 4.87. The Hall–Kier alpha value is -2.55. The molecule has 1 N–H and O–H groups in total. The molecule has 31 heavy (non-hydrogen) atoms. The third-order valence-electron chi connectivity index (χ3n) is 5.38. The fraction of sp³-hybridized carbons (Fsp3) is 0.304. The quantitative estimate of drug-likeness (QED) is 0.591. The number of carbonyl (C=O) groups is 1. The van der Waals surface area contributed by atoms with E-state index in [4.69, 9.17) is 0 Å². The van der Waals surface area contributed by atoms with E-state index in [0.717, 1.165) is 41.8 Å². The molecule has 2 heterocycles. The number of rotatable bonds is 5. The summed E-state index contributed by atoms with van der Waals surface area (Å²) in [6.45, 7) is 3.08. The van der Waals surface area contributed by atoms with E-state index in [1.54, 1.807) is 16.4 Å². The highest BCUT2D eigenvalue weighted by molar-refractivity contribution is 7.89. The van der Waals surface area contributed by atoms with E-state index in [9.17, 15) is 13.2 Å². The number of nitrogens with one attached hydrogen (secondary N) is 1. The second-order valence-electron chi connectivity index (χ2n) is 7.59. The van der Waals surface area contributed by atoms with Crippen molar-refractivity contribution in [2.75, 3.05) is 18.4 Å². The van der Waals surface area contributed by atoms with Crippen LogP contribution in [-0.4, -0.2) is 36.7 Å². The van der Waals surface area contributed by atoms with E-state index in [1.165, 1.54) is 23.5 Å². The number of anilines is 1. The Morgan fingerprint density at radius 1 is 0.968 bits per heavy atom. The van der Waals surface area contributed by atoms with Crippen molar-refractivity contribution < 1.29 is 13.2 Å². The van der Waals surface area contributed by atoms with Gasteiger partial charge in [-0.25, -0.2) is 13.4 Å². The second-order valence-corrected chi connectivity index (χ2v) is 10.7. The first-order valence-electron chi connectivity index (χ1n) is 10.4. The van der Waals surface area contributed by atoms with Crippen LogP contribution in [0.1, 0.15) is 40.9 Å². The summed E-state index contributed by atoms with van der Waals surface area (Å²) < 4.78 is 27.4. The Balaban J connectivity index is 1.48. The van der Waals surface area contributed by atoms with Crippen molar-refractivity contribution >= 4 is 32.4 Å². The van der Waals surface area contributed by atoms with Crippen LogP contribution in [0.4, 0.5) is 5.13 Å². The number of aromatic nitrogens is 1. The predicted octanol–water partition coefficient (Wildman–Crippen LogP) is 4.94. The highest BCUT2D eigenvalue weighted by atomic mass is 32.2. The van der Waals surface area contributed by atoms with Crippen LogP contribution >= 0.6 is 11.3 Å². The molecule has 0 atom stereocenters. The minimum Gasteiger partial charge on any atom is -0.298 e. The Bertz CT molecular complexity index is 1150. The summed E-state index contributed by atoms with van der Waals surface area (Å²) in [7, 11) is -3.53. The molecule has 2 aromatic carbocycles. The van der Waals surface area contributed by atoms with Crippen LogP contribution in [0, 0.1) is 6.92 Å². The SMILES string of the molecule is Cc1sc(NC(=O)c2ccc(S(=O)(=O)N3CCCCCC3)cc2)nc1-c1ccccc1. The molecule has 0 spiro atoms. The third-order valence-corrected chi connectivity index (χ3v) is 8.18. The van der Waals surface area contributed by atoms with Crippen molar-refractivity contribution in [2.45, 2.75) is 37.5 Å². The summed E-state index contributed by atoms with van der Waals surface area (Å²) in [5.41, 5.74) is 2.24. The smallest absolute Gasteiger partial charge is 0.257 e. The molecule has 0 bridgehead atoms. The molecule has 6 nitrogen and oxygen atoms in total. The lowest BCUT2D eigenvalue weighted by molar-refractivity contribution is 0.102. The number of hydrogen-bond acceptors (Lipinski definition) is 5. The van der Waals surface area contributed by atoms with Crippen LogP contribution in [0.25, 0.3) is 11.3 Å². The largest absolute Gasteiger partial charge is 0.298 e. The van der Waals surface area contributed by atoms with Gasteiger partial charge in [0.1, 0.15) is 0 Å². The lowest BCUT2D eigenvalue weighted by Crippen LogP contribution is -2.31. The predicted molar refractivity (Wildman–Crippen MR) is 124 cm³/mol. The van der Waals surface area contributed by atoms with Crippen LogP contribution in [0.5, 0.6) is 0 Å². The molecule has 1 fully saturated rings. The van der Waals surface area contributed by atoms with Crippen molar-refractivity contribution in [3.63, 3.8) is 0 Å². The molecule has 0 radical (unpaired) electrons. The standard InChI is InChI=1S/C23H25N3O3S2/c1-17-21(18-9-5-4-6-10-18)24-23(30-17)25-22(27)19-11-13-20(14-12-19)31(28,29)26-15-7-2-3-8-16-26/h4-6,9-14H,2-3,7-8,15-16H2,1H3,(H,24,25,27). The maximum absolute atomic E-state index is 12.9. The van der Waals surface area contributed by atoms with Crippen LogP contribution in [-0.2, 0) is 10.0 Å². The Kier molecular flexibility index (Phi) is 6.50. The molecule has 0 unspecified atom stereocenters. The summed E-state index contributed by atoms with van der Waals surface area (Å²) in [6, 6.07) is 16.0. The van der Waals surface area contributed by atoms with E-state index in [1.807, 2.05) is 37.3 Å². The number of sulfonamides is 1. The van der Waals surface area contributed by atoms with Gasteiger partial charge in [-0.3, -0.25) is 10.1 Å². The first kappa shape index (κ1) is 21.7. The van der Waals surface area contributed by atoms with Crippen molar-refractivity contribution in [3.8, 4) is 11.3 Å². The maximum atomic E-state index is 12.9.